The second kappa shape index (κ2) is 6.89. The second-order valence-electron chi connectivity index (χ2n) is 7.29. The molecule has 0 spiro atoms. The summed E-state index contributed by atoms with van der Waals surface area (Å²) in [5, 5.41) is 3.07. The smallest absolute Gasteiger partial charge is 0.227 e. The van der Waals surface area contributed by atoms with Crippen molar-refractivity contribution in [1.82, 2.24) is 14.8 Å². The van der Waals surface area contributed by atoms with E-state index in [2.05, 4.69) is 40.2 Å². The van der Waals surface area contributed by atoms with Crippen LogP contribution in [0.3, 0.4) is 0 Å². The molecule has 0 unspecified atom stereocenters. The molecule has 1 aromatic heterocycles. The van der Waals surface area contributed by atoms with E-state index in [1.54, 1.807) is 11.3 Å². The molecule has 0 N–H and O–H groups in total. The van der Waals surface area contributed by atoms with E-state index in [0.717, 1.165) is 30.1 Å². The zero-order valence-corrected chi connectivity index (χ0v) is 15.7. The van der Waals surface area contributed by atoms with E-state index in [9.17, 15) is 4.79 Å². The van der Waals surface area contributed by atoms with Crippen LogP contribution in [0.15, 0.2) is 35.7 Å². The monoisotopic (exact) mass is 355 g/mol. The molecule has 2 aromatic rings. The Bertz CT molecular complexity index is 744. The Labute approximate surface area is 153 Å². The van der Waals surface area contributed by atoms with Crippen LogP contribution in [0.2, 0.25) is 0 Å². The lowest BCUT2D eigenvalue weighted by Crippen LogP contribution is -2.38. The fourth-order valence-corrected chi connectivity index (χ4v) is 5.30. The summed E-state index contributed by atoms with van der Waals surface area (Å²) in [6.07, 6.45) is 3.28. The molecule has 4 nitrogen and oxygen atoms in total. The molecule has 132 valence electrons. The van der Waals surface area contributed by atoms with Gasteiger partial charge in [0.15, 0.2) is 0 Å². The highest BCUT2D eigenvalue weighted by atomic mass is 32.1. The number of carbonyl (C=O) groups excluding carboxylic acids is 1. The van der Waals surface area contributed by atoms with Gasteiger partial charge in [-0.1, -0.05) is 30.3 Å². The van der Waals surface area contributed by atoms with Crippen LogP contribution >= 0.6 is 11.3 Å². The average molecular weight is 356 g/mol. The highest BCUT2D eigenvalue weighted by molar-refractivity contribution is 7.09. The van der Waals surface area contributed by atoms with Crippen molar-refractivity contribution >= 4 is 17.2 Å². The van der Waals surface area contributed by atoms with Gasteiger partial charge in [0.25, 0.3) is 0 Å². The van der Waals surface area contributed by atoms with Crippen molar-refractivity contribution in [2.24, 2.45) is 5.92 Å². The SMILES string of the molecule is Cc1csc(CN(C)C(=O)[C@H]2C[C@@H](c3ccccc3)N3CCC[C@H]23)n1. The van der Waals surface area contributed by atoms with E-state index in [0.29, 0.717) is 18.6 Å². The molecule has 25 heavy (non-hydrogen) atoms. The maximum absolute atomic E-state index is 13.2. The number of amides is 1. The van der Waals surface area contributed by atoms with Crippen LogP contribution in [-0.2, 0) is 11.3 Å². The summed E-state index contributed by atoms with van der Waals surface area (Å²) < 4.78 is 0. The number of benzene rings is 1. The van der Waals surface area contributed by atoms with Crippen LogP contribution in [0.1, 0.15) is 41.6 Å². The van der Waals surface area contributed by atoms with Gasteiger partial charge in [-0.25, -0.2) is 4.98 Å². The fraction of sp³-hybridized carbons (Fsp3) is 0.500. The van der Waals surface area contributed by atoms with Gasteiger partial charge < -0.3 is 4.90 Å². The van der Waals surface area contributed by atoms with E-state index in [1.807, 2.05) is 24.3 Å². The summed E-state index contributed by atoms with van der Waals surface area (Å²) in [5.74, 6) is 0.391. The second-order valence-corrected chi connectivity index (χ2v) is 8.24. The summed E-state index contributed by atoms with van der Waals surface area (Å²) in [6.45, 7) is 3.74. The molecule has 1 amide bonds. The zero-order chi connectivity index (χ0) is 17.4. The van der Waals surface area contributed by atoms with Gasteiger partial charge in [-0.05, 0) is 38.3 Å². The van der Waals surface area contributed by atoms with Crippen molar-refractivity contribution in [1.29, 1.82) is 0 Å². The Morgan fingerprint density at radius 3 is 2.88 bits per heavy atom. The summed E-state index contributed by atoms with van der Waals surface area (Å²) in [4.78, 5) is 22.1. The van der Waals surface area contributed by atoms with E-state index in [-0.39, 0.29) is 11.8 Å². The van der Waals surface area contributed by atoms with Gasteiger partial charge >= 0.3 is 0 Å². The van der Waals surface area contributed by atoms with Crippen LogP contribution in [0, 0.1) is 12.8 Å². The first-order valence-corrected chi connectivity index (χ1v) is 9.98. The zero-order valence-electron chi connectivity index (χ0n) is 14.9. The van der Waals surface area contributed by atoms with Gasteiger partial charge in [-0.2, -0.15) is 0 Å². The first-order valence-electron chi connectivity index (χ1n) is 9.10. The quantitative estimate of drug-likeness (QED) is 0.840. The molecule has 2 aliphatic rings. The first-order chi connectivity index (χ1) is 12.1. The third-order valence-electron chi connectivity index (χ3n) is 5.60. The highest BCUT2D eigenvalue weighted by Gasteiger charge is 2.47. The number of rotatable bonds is 4. The predicted molar refractivity (Wildman–Crippen MR) is 100 cm³/mol. The number of aromatic nitrogens is 1. The summed E-state index contributed by atoms with van der Waals surface area (Å²) in [5.41, 5.74) is 2.38. The molecule has 3 atom stereocenters. The molecule has 0 radical (unpaired) electrons. The van der Waals surface area contributed by atoms with E-state index < -0.39 is 0 Å². The lowest BCUT2D eigenvalue weighted by Gasteiger charge is -2.25. The minimum Gasteiger partial charge on any atom is -0.339 e. The van der Waals surface area contributed by atoms with Crippen LogP contribution in [0.4, 0.5) is 0 Å². The standard InChI is InChI=1S/C20H25N3OS/c1-14-13-25-19(21-14)12-22(2)20(24)16-11-18(15-7-4-3-5-8-15)23-10-6-9-17(16)23/h3-5,7-8,13,16-18H,6,9-12H2,1-2H3/t16-,17+,18-/m0/s1. The highest BCUT2D eigenvalue weighted by Crippen LogP contribution is 2.45. The Kier molecular flexibility index (Phi) is 4.61. The number of fused-ring (bicyclic) bond motifs is 1. The molecule has 0 bridgehead atoms. The molecular formula is C20H25N3OS. The molecule has 2 fully saturated rings. The summed E-state index contributed by atoms with van der Waals surface area (Å²) >= 11 is 1.64. The van der Waals surface area contributed by atoms with Crippen molar-refractivity contribution in [3.8, 4) is 0 Å². The largest absolute Gasteiger partial charge is 0.339 e. The summed E-state index contributed by atoms with van der Waals surface area (Å²) in [7, 11) is 1.92. The van der Waals surface area contributed by atoms with Crippen LogP contribution in [0.5, 0.6) is 0 Å². The molecular weight excluding hydrogens is 330 g/mol. The minimum absolute atomic E-state index is 0.110. The summed E-state index contributed by atoms with van der Waals surface area (Å²) in [6, 6.07) is 11.5. The van der Waals surface area contributed by atoms with Crippen molar-refractivity contribution < 1.29 is 4.79 Å². The minimum atomic E-state index is 0.110. The van der Waals surface area contributed by atoms with Crippen LogP contribution < -0.4 is 0 Å². The number of hydrogen-bond acceptors (Lipinski definition) is 4. The third kappa shape index (κ3) is 3.23. The van der Waals surface area contributed by atoms with E-state index in [1.165, 1.54) is 12.0 Å². The van der Waals surface area contributed by atoms with Crippen molar-refractivity contribution in [3.63, 3.8) is 0 Å². The van der Waals surface area contributed by atoms with Gasteiger partial charge in [0.2, 0.25) is 5.91 Å². The van der Waals surface area contributed by atoms with Crippen molar-refractivity contribution in [3.05, 3.63) is 52.0 Å². The van der Waals surface area contributed by atoms with Gasteiger partial charge in [0.05, 0.1) is 12.5 Å². The molecule has 2 aliphatic heterocycles. The lowest BCUT2D eigenvalue weighted by molar-refractivity contribution is -0.135. The van der Waals surface area contributed by atoms with Crippen molar-refractivity contribution in [2.45, 2.75) is 44.8 Å². The molecule has 0 saturated carbocycles. The predicted octanol–water partition coefficient (Wildman–Crippen LogP) is 3.64. The Morgan fingerprint density at radius 1 is 1.36 bits per heavy atom. The van der Waals surface area contributed by atoms with Crippen molar-refractivity contribution in [2.75, 3.05) is 13.6 Å². The Balaban J connectivity index is 1.50. The van der Waals surface area contributed by atoms with Gasteiger partial charge in [-0.3, -0.25) is 9.69 Å². The van der Waals surface area contributed by atoms with Crippen LogP contribution in [0.25, 0.3) is 0 Å². The lowest BCUT2D eigenvalue weighted by atomic mass is 9.93. The molecule has 5 heteroatoms. The maximum atomic E-state index is 13.2. The van der Waals surface area contributed by atoms with Gasteiger partial charge in [0.1, 0.15) is 5.01 Å². The average Bonchev–Trinajstić information content (AvgIpc) is 3.31. The van der Waals surface area contributed by atoms with Gasteiger partial charge in [0, 0.05) is 30.2 Å². The van der Waals surface area contributed by atoms with Crippen LogP contribution in [-0.4, -0.2) is 40.3 Å². The molecule has 1 aromatic carbocycles. The third-order valence-corrected chi connectivity index (χ3v) is 6.55. The fourth-order valence-electron chi connectivity index (χ4n) is 4.47. The van der Waals surface area contributed by atoms with E-state index in [4.69, 9.17) is 0 Å². The van der Waals surface area contributed by atoms with Gasteiger partial charge in [-0.15, -0.1) is 11.3 Å². The Morgan fingerprint density at radius 2 is 2.16 bits per heavy atom. The number of thiazole rings is 1. The number of nitrogens with zero attached hydrogens (tertiary/aromatic N) is 3. The number of hydrogen-bond donors (Lipinski definition) is 0. The van der Waals surface area contributed by atoms with E-state index >= 15 is 0 Å². The molecule has 0 aliphatic carbocycles. The topological polar surface area (TPSA) is 36.4 Å². The normalized spacial score (nSPS) is 25.9. The molecule has 2 saturated heterocycles. The number of aryl methyl sites for hydroxylation is 1. The molecule has 3 heterocycles. The Hall–Kier alpha value is -1.72. The molecule has 4 rings (SSSR count). The first kappa shape index (κ1) is 16.7. The maximum Gasteiger partial charge on any atom is 0.227 e. The number of carbonyl (C=O) groups is 1.